The molecule has 0 saturated carbocycles. The second-order valence-corrected chi connectivity index (χ2v) is 5.08. The minimum atomic E-state index is -1.84. The van der Waals surface area contributed by atoms with Crippen LogP contribution in [0.5, 0.6) is 0 Å². The van der Waals surface area contributed by atoms with E-state index in [9.17, 15) is 23.8 Å². The number of aliphatic hydroxyl groups excluding tert-OH is 1. The van der Waals surface area contributed by atoms with Crippen LogP contribution in [0.1, 0.15) is 12.0 Å². The lowest BCUT2D eigenvalue weighted by Crippen LogP contribution is -2.32. The number of halogens is 3. The Morgan fingerprint density at radius 2 is 2.17 bits per heavy atom. The molecule has 7 heteroatoms. The second kappa shape index (κ2) is 6.21. The molecule has 1 amide bonds. The van der Waals surface area contributed by atoms with Crippen LogP contribution in [0.15, 0.2) is 18.2 Å². The van der Waals surface area contributed by atoms with Crippen molar-refractivity contribution in [1.82, 2.24) is 5.32 Å². The van der Waals surface area contributed by atoms with Crippen LogP contribution in [0.4, 0.5) is 8.78 Å². The lowest BCUT2D eigenvalue weighted by atomic mass is 10.0. The van der Waals surface area contributed by atoms with Gasteiger partial charge in [0, 0.05) is 24.6 Å². The van der Waals surface area contributed by atoms with Crippen molar-refractivity contribution in [1.29, 1.82) is 0 Å². The number of carbonyl (C=O) groups is 1. The van der Waals surface area contributed by atoms with Crippen LogP contribution >= 0.6 is 15.9 Å². The van der Waals surface area contributed by atoms with E-state index in [0.29, 0.717) is 12.5 Å². The standard InChI is InChI=1S/C11H12BrF2NO3/c12-11(18,4-8(17)5-15-6-16)9-2-1-7(13)3-10(9)14/h1-3,6,8,17-18H,4-5H2,(H,15,16). The topological polar surface area (TPSA) is 69.6 Å². The molecule has 1 rings (SSSR count). The number of alkyl halides is 1. The van der Waals surface area contributed by atoms with Crippen LogP contribution in [-0.4, -0.2) is 29.3 Å². The maximum absolute atomic E-state index is 13.5. The fourth-order valence-electron chi connectivity index (χ4n) is 1.48. The van der Waals surface area contributed by atoms with Crippen molar-refractivity contribution in [2.45, 2.75) is 17.0 Å². The maximum atomic E-state index is 13.5. The van der Waals surface area contributed by atoms with Gasteiger partial charge in [-0.1, -0.05) is 0 Å². The third-order valence-electron chi connectivity index (χ3n) is 2.29. The number of carbonyl (C=O) groups excluding carboxylic acids is 1. The number of hydrogen-bond acceptors (Lipinski definition) is 3. The van der Waals surface area contributed by atoms with Gasteiger partial charge in [-0.25, -0.2) is 8.78 Å². The van der Waals surface area contributed by atoms with Gasteiger partial charge in [-0.15, -0.1) is 0 Å². The molecule has 0 heterocycles. The molecule has 0 bridgehead atoms. The highest BCUT2D eigenvalue weighted by Gasteiger charge is 2.31. The highest BCUT2D eigenvalue weighted by Crippen LogP contribution is 2.34. The lowest BCUT2D eigenvalue weighted by Gasteiger charge is -2.25. The van der Waals surface area contributed by atoms with Crippen molar-refractivity contribution >= 4 is 22.3 Å². The van der Waals surface area contributed by atoms with Crippen LogP contribution in [0.2, 0.25) is 0 Å². The van der Waals surface area contributed by atoms with Gasteiger partial charge in [0.25, 0.3) is 0 Å². The summed E-state index contributed by atoms with van der Waals surface area (Å²) in [5.74, 6) is -1.69. The molecule has 0 aliphatic carbocycles. The van der Waals surface area contributed by atoms with Crippen LogP contribution in [0, 0.1) is 11.6 Å². The first kappa shape index (κ1) is 15.0. The molecule has 0 aliphatic rings. The van der Waals surface area contributed by atoms with Gasteiger partial charge in [0.2, 0.25) is 6.41 Å². The summed E-state index contributed by atoms with van der Waals surface area (Å²) in [7, 11) is 0. The normalized spacial score (nSPS) is 15.8. The summed E-state index contributed by atoms with van der Waals surface area (Å²) in [5.41, 5.74) is -0.186. The summed E-state index contributed by atoms with van der Waals surface area (Å²) < 4.78 is 24.4. The first-order chi connectivity index (χ1) is 8.36. The highest BCUT2D eigenvalue weighted by molar-refractivity contribution is 9.09. The van der Waals surface area contributed by atoms with Crippen molar-refractivity contribution in [3.05, 3.63) is 35.4 Å². The predicted molar refractivity (Wildman–Crippen MR) is 63.9 cm³/mol. The lowest BCUT2D eigenvalue weighted by molar-refractivity contribution is -0.110. The summed E-state index contributed by atoms with van der Waals surface area (Å²) in [4.78, 5) is 10.0. The number of hydrogen-bond donors (Lipinski definition) is 3. The third-order valence-corrected chi connectivity index (χ3v) is 3.04. The zero-order valence-electron chi connectivity index (χ0n) is 9.24. The van der Waals surface area contributed by atoms with Crippen molar-refractivity contribution in [3.8, 4) is 0 Å². The van der Waals surface area contributed by atoms with E-state index in [1.165, 1.54) is 0 Å². The molecular weight excluding hydrogens is 312 g/mol. The third kappa shape index (κ3) is 4.01. The van der Waals surface area contributed by atoms with Crippen LogP contribution in [0.3, 0.4) is 0 Å². The summed E-state index contributed by atoms with van der Waals surface area (Å²) in [6.07, 6.45) is -0.949. The summed E-state index contributed by atoms with van der Waals surface area (Å²) in [6, 6.07) is 2.72. The first-order valence-electron chi connectivity index (χ1n) is 5.08. The van der Waals surface area contributed by atoms with E-state index >= 15 is 0 Å². The molecule has 0 radical (unpaired) electrons. The van der Waals surface area contributed by atoms with E-state index in [1.54, 1.807) is 0 Å². The molecule has 0 aliphatic heterocycles. The summed E-state index contributed by atoms with van der Waals surface area (Å²) in [6.45, 7) is -0.0831. The van der Waals surface area contributed by atoms with Crippen molar-refractivity contribution < 1.29 is 23.8 Å². The average molecular weight is 324 g/mol. The molecule has 0 spiro atoms. The molecule has 0 fully saturated rings. The van der Waals surface area contributed by atoms with Gasteiger partial charge in [-0.2, -0.15) is 0 Å². The largest absolute Gasteiger partial charge is 0.391 e. The number of rotatable bonds is 6. The Kier molecular flexibility index (Phi) is 5.18. The van der Waals surface area contributed by atoms with E-state index in [4.69, 9.17) is 0 Å². The van der Waals surface area contributed by atoms with Gasteiger partial charge < -0.3 is 15.5 Å². The van der Waals surface area contributed by atoms with E-state index in [0.717, 1.165) is 12.1 Å². The molecule has 100 valence electrons. The van der Waals surface area contributed by atoms with E-state index in [2.05, 4.69) is 21.2 Å². The van der Waals surface area contributed by atoms with Gasteiger partial charge >= 0.3 is 0 Å². The molecule has 4 nitrogen and oxygen atoms in total. The van der Waals surface area contributed by atoms with Crippen molar-refractivity contribution in [2.75, 3.05) is 6.54 Å². The summed E-state index contributed by atoms with van der Waals surface area (Å²) in [5, 5.41) is 21.7. The SMILES string of the molecule is O=CNCC(O)CC(O)(Br)c1ccc(F)cc1F. The van der Waals surface area contributed by atoms with Gasteiger partial charge in [0.1, 0.15) is 16.1 Å². The van der Waals surface area contributed by atoms with E-state index in [-0.39, 0.29) is 18.5 Å². The quantitative estimate of drug-likeness (QED) is 0.540. The maximum Gasteiger partial charge on any atom is 0.207 e. The number of nitrogens with one attached hydrogen (secondary N) is 1. The monoisotopic (exact) mass is 323 g/mol. The van der Waals surface area contributed by atoms with Gasteiger partial charge in [0.15, 0.2) is 0 Å². The fraction of sp³-hybridized carbons (Fsp3) is 0.364. The highest BCUT2D eigenvalue weighted by atomic mass is 79.9. The Balaban J connectivity index is 2.81. The zero-order valence-corrected chi connectivity index (χ0v) is 10.8. The number of amides is 1. The minimum absolute atomic E-state index is 0.0831. The number of aliphatic hydroxyl groups is 2. The predicted octanol–water partition coefficient (Wildman–Crippen LogP) is 1.00. The van der Waals surface area contributed by atoms with Crippen LogP contribution in [-0.2, 0) is 9.30 Å². The molecule has 3 N–H and O–H groups in total. The Labute approximate surface area is 111 Å². The Bertz CT molecular complexity index is 429. The number of benzene rings is 1. The van der Waals surface area contributed by atoms with Crippen molar-refractivity contribution in [2.24, 2.45) is 0 Å². The molecular formula is C11H12BrF2NO3. The zero-order chi connectivity index (χ0) is 13.8. The Hall–Kier alpha value is -1.05. The van der Waals surface area contributed by atoms with Crippen molar-refractivity contribution in [3.63, 3.8) is 0 Å². The molecule has 2 atom stereocenters. The minimum Gasteiger partial charge on any atom is -0.391 e. The van der Waals surface area contributed by atoms with Gasteiger partial charge in [0.05, 0.1) is 6.10 Å². The van der Waals surface area contributed by atoms with Crippen LogP contribution in [0.25, 0.3) is 0 Å². The Morgan fingerprint density at radius 1 is 1.50 bits per heavy atom. The molecule has 2 unspecified atom stereocenters. The van der Waals surface area contributed by atoms with E-state index < -0.39 is 22.2 Å². The smallest absolute Gasteiger partial charge is 0.207 e. The fourth-order valence-corrected chi connectivity index (χ4v) is 2.17. The molecule has 1 aromatic carbocycles. The molecule has 1 aromatic rings. The second-order valence-electron chi connectivity index (χ2n) is 3.77. The first-order valence-corrected chi connectivity index (χ1v) is 5.88. The molecule has 0 aromatic heterocycles. The van der Waals surface area contributed by atoms with Gasteiger partial charge in [-0.05, 0) is 28.1 Å². The van der Waals surface area contributed by atoms with Crippen LogP contribution < -0.4 is 5.32 Å². The average Bonchev–Trinajstić information content (AvgIpc) is 2.25. The molecule has 0 saturated heterocycles. The summed E-state index contributed by atoms with van der Waals surface area (Å²) >= 11 is 2.88. The molecule has 18 heavy (non-hydrogen) atoms. The Morgan fingerprint density at radius 3 is 2.72 bits per heavy atom. The van der Waals surface area contributed by atoms with E-state index in [1.807, 2.05) is 0 Å². The van der Waals surface area contributed by atoms with Gasteiger partial charge in [-0.3, -0.25) is 4.79 Å².